The standard InChI is InChI=1S/C22H23ClN4O3S/c1-14-7-9-17(13-15(14)2)24-19(28)11-12-21(30)26-27-22(31)25-20(29)10-8-16-5-3-4-6-18(16)23/h3-10,13H,11-12H2,1-2H3,(H,24,28)(H,26,30)(H2,25,27,29,31). The van der Waals surface area contributed by atoms with E-state index < -0.39 is 11.8 Å². The van der Waals surface area contributed by atoms with Crippen LogP contribution < -0.4 is 21.5 Å². The zero-order valence-electron chi connectivity index (χ0n) is 17.1. The molecule has 0 fully saturated rings. The van der Waals surface area contributed by atoms with E-state index in [-0.39, 0.29) is 23.9 Å². The topological polar surface area (TPSA) is 99.3 Å². The summed E-state index contributed by atoms with van der Waals surface area (Å²) in [5, 5.41) is 5.57. The van der Waals surface area contributed by atoms with E-state index in [9.17, 15) is 14.4 Å². The van der Waals surface area contributed by atoms with Crippen LogP contribution in [0.2, 0.25) is 5.02 Å². The van der Waals surface area contributed by atoms with E-state index in [0.29, 0.717) is 16.3 Å². The smallest absolute Gasteiger partial charge is 0.250 e. The van der Waals surface area contributed by atoms with Crippen LogP contribution in [0.4, 0.5) is 5.69 Å². The number of nitrogens with one attached hydrogen (secondary N) is 4. The molecule has 0 spiro atoms. The molecule has 3 amide bonds. The van der Waals surface area contributed by atoms with E-state index in [1.165, 1.54) is 6.08 Å². The number of carbonyl (C=O) groups excluding carboxylic acids is 3. The van der Waals surface area contributed by atoms with Crippen molar-refractivity contribution in [2.75, 3.05) is 5.32 Å². The Labute approximate surface area is 191 Å². The Balaban J connectivity index is 1.68. The summed E-state index contributed by atoms with van der Waals surface area (Å²) in [6, 6.07) is 12.7. The largest absolute Gasteiger partial charge is 0.326 e. The third-order valence-electron chi connectivity index (χ3n) is 4.24. The molecule has 0 heterocycles. The molecule has 0 saturated heterocycles. The number of hydrogen-bond acceptors (Lipinski definition) is 4. The lowest BCUT2D eigenvalue weighted by atomic mass is 10.1. The minimum Gasteiger partial charge on any atom is -0.326 e. The van der Waals surface area contributed by atoms with Crippen LogP contribution in [0.5, 0.6) is 0 Å². The molecular weight excluding hydrogens is 436 g/mol. The van der Waals surface area contributed by atoms with Gasteiger partial charge >= 0.3 is 0 Å². The van der Waals surface area contributed by atoms with Gasteiger partial charge in [-0.05, 0) is 67.0 Å². The molecule has 0 bridgehead atoms. The number of amides is 3. The summed E-state index contributed by atoms with van der Waals surface area (Å²) < 4.78 is 0. The van der Waals surface area contributed by atoms with Gasteiger partial charge in [-0.15, -0.1) is 0 Å². The number of hydrazine groups is 1. The molecule has 0 aliphatic heterocycles. The van der Waals surface area contributed by atoms with Gasteiger partial charge in [0.2, 0.25) is 17.7 Å². The maximum absolute atomic E-state index is 12.0. The number of hydrogen-bond donors (Lipinski definition) is 4. The summed E-state index contributed by atoms with van der Waals surface area (Å²) in [4.78, 5) is 35.8. The molecule has 0 unspecified atom stereocenters. The first-order valence-corrected chi connectivity index (χ1v) is 10.2. The van der Waals surface area contributed by atoms with Crippen molar-refractivity contribution in [1.82, 2.24) is 16.2 Å². The van der Waals surface area contributed by atoms with E-state index in [2.05, 4.69) is 21.5 Å². The minimum absolute atomic E-state index is 0.000130. The van der Waals surface area contributed by atoms with Crippen LogP contribution in [0.15, 0.2) is 48.5 Å². The first kappa shape index (κ1) is 24.0. The molecule has 2 aromatic carbocycles. The molecule has 9 heteroatoms. The normalized spacial score (nSPS) is 10.4. The van der Waals surface area contributed by atoms with Gasteiger partial charge < -0.3 is 5.32 Å². The van der Waals surface area contributed by atoms with Crippen molar-refractivity contribution in [3.63, 3.8) is 0 Å². The highest BCUT2D eigenvalue weighted by Crippen LogP contribution is 2.16. The Morgan fingerprint density at radius 1 is 0.968 bits per heavy atom. The van der Waals surface area contributed by atoms with Crippen molar-refractivity contribution < 1.29 is 14.4 Å². The van der Waals surface area contributed by atoms with Crippen molar-refractivity contribution in [3.05, 3.63) is 70.3 Å². The molecule has 4 N–H and O–H groups in total. The molecule has 0 aromatic heterocycles. The molecule has 0 aliphatic carbocycles. The molecule has 2 aromatic rings. The lowest BCUT2D eigenvalue weighted by Gasteiger charge is -2.10. The summed E-state index contributed by atoms with van der Waals surface area (Å²) in [5.41, 5.74) is 8.32. The fourth-order valence-corrected chi connectivity index (χ4v) is 2.77. The van der Waals surface area contributed by atoms with E-state index in [4.69, 9.17) is 23.8 Å². The number of aryl methyl sites for hydroxylation is 2. The van der Waals surface area contributed by atoms with Crippen LogP contribution in [-0.2, 0) is 14.4 Å². The van der Waals surface area contributed by atoms with Crippen LogP contribution in [0, 0.1) is 13.8 Å². The summed E-state index contributed by atoms with van der Waals surface area (Å²) in [7, 11) is 0. The number of carbonyl (C=O) groups is 3. The predicted molar refractivity (Wildman–Crippen MR) is 126 cm³/mol. The second-order valence-corrected chi connectivity index (χ2v) is 7.51. The molecular formula is C22H23ClN4O3S. The number of anilines is 1. The summed E-state index contributed by atoms with van der Waals surface area (Å²) >= 11 is 11.0. The number of rotatable bonds is 6. The van der Waals surface area contributed by atoms with Gasteiger partial charge in [0.25, 0.3) is 0 Å². The fraction of sp³-hybridized carbons (Fsp3) is 0.182. The van der Waals surface area contributed by atoms with E-state index in [1.807, 2.05) is 32.0 Å². The van der Waals surface area contributed by atoms with Gasteiger partial charge in [-0.3, -0.25) is 30.6 Å². The van der Waals surface area contributed by atoms with Gasteiger partial charge in [-0.1, -0.05) is 35.9 Å². The van der Waals surface area contributed by atoms with Gasteiger partial charge in [-0.25, -0.2) is 0 Å². The van der Waals surface area contributed by atoms with Crippen molar-refractivity contribution in [2.24, 2.45) is 0 Å². The molecule has 162 valence electrons. The van der Waals surface area contributed by atoms with Crippen LogP contribution in [0.1, 0.15) is 29.5 Å². The number of thiocarbonyl (C=S) groups is 1. The van der Waals surface area contributed by atoms with Gasteiger partial charge in [0, 0.05) is 29.6 Å². The lowest BCUT2D eigenvalue weighted by molar-refractivity contribution is -0.124. The second-order valence-electron chi connectivity index (χ2n) is 6.69. The monoisotopic (exact) mass is 458 g/mol. The highest BCUT2D eigenvalue weighted by molar-refractivity contribution is 7.80. The number of halogens is 1. The Bertz CT molecular complexity index is 1020. The van der Waals surface area contributed by atoms with E-state index >= 15 is 0 Å². The molecule has 31 heavy (non-hydrogen) atoms. The van der Waals surface area contributed by atoms with Gasteiger partial charge in [0.15, 0.2) is 5.11 Å². The average molecular weight is 459 g/mol. The van der Waals surface area contributed by atoms with Crippen molar-refractivity contribution in [3.8, 4) is 0 Å². The van der Waals surface area contributed by atoms with Gasteiger partial charge in [0.05, 0.1) is 0 Å². The average Bonchev–Trinajstić information content (AvgIpc) is 2.73. The van der Waals surface area contributed by atoms with Crippen LogP contribution >= 0.6 is 23.8 Å². The van der Waals surface area contributed by atoms with Crippen molar-refractivity contribution >= 4 is 58.4 Å². The van der Waals surface area contributed by atoms with Gasteiger partial charge in [0.1, 0.15) is 0 Å². The molecule has 2 rings (SSSR count). The zero-order chi connectivity index (χ0) is 22.8. The van der Waals surface area contributed by atoms with Crippen molar-refractivity contribution in [1.29, 1.82) is 0 Å². The fourth-order valence-electron chi connectivity index (χ4n) is 2.42. The van der Waals surface area contributed by atoms with Crippen LogP contribution in [0.3, 0.4) is 0 Å². The molecule has 0 saturated carbocycles. The highest BCUT2D eigenvalue weighted by Gasteiger charge is 2.09. The molecule has 7 nitrogen and oxygen atoms in total. The lowest BCUT2D eigenvalue weighted by Crippen LogP contribution is -2.48. The first-order chi connectivity index (χ1) is 14.7. The maximum Gasteiger partial charge on any atom is 0.250 e. The molecule has 0 aliphatic rings. The van der Waals surface area contributed by atoms with Gasteiger partial charge in [-0.2, -0.15) is 0 Å². The minimum atomic E-state index is -0.487. The molecule has 0 atom stereocenters. The van der Waals surface area contributed by atoms with E-state index in [1.54, 1.807) is 30.3 Å². The predicted octanol–water partition coefficient (Wildman–Crippen LogP) is 3.41. The summed E-state index contributed by atoms with van der Waals surface area (Å²) in [5.74, 6) is -1.21. The zero-order valence-corrected chi connectivity index (χ0v) is 18.7. The third kappa shape index (κ3) is 8.57. The van der Waals surface area contributed by atoms with E-state index in [0.717, 1.165) is 11.1 Å². The Morgan fingerprint density at radius 3 is 2.39 bits per heavy atom. The van der Waals surface area contributed by atoms with Crippen LogP contribution in [-0.4, -0.2) is 22.8 Å². The Kier molecular flexibility index (Phi) is 9.17. The van der Waals surface area contributed by atoms with Crippen LogP contribution in [0.25, 0.3) is 6.08 Å². The Morgan fingerprint density at radius 2 is 1.68 bits per heavy atom. The first-order valence-electron chi connectivity index (χ1n) is 9.44. The SMILES string of the molecule is Cc1ccc(NC(=O)CCC(=O)NNC(=S)NC(=O)C=Cc2ccccc2Cl)cc1C. The summed E-state index contributed by atoms with van der Waals surface area (Å²) in [6.45, 7) is 3.94. The summed E-state index contributed by atoms with van der Waals surface area (Å²) in [6.07, 6.45) is 2.77. The number of benzene rings is 2. The Hall–Kier alpha value is -3.23. The molecule has 0 radical (unpaired) electrons. The highest BCUT2D eigenvalue weighted by atomic mass is 35.5. The second kappa shape index (κ2) is 11.8. The third-order valence-corrected chi connectivity index (χ3v) is 4.79. The quantitative estimate of drug-likeness (QED) is 0.302. The van der Waals surface area contributed by atoms with Crippen molar-refractivity contribution in [2.45, 2.75) is 26.7 Å². The maximum atomic E-state index is 12.0.